The molecule has 29 heavy (non-hydrogen) atoms. The highest BCUT2D eigenvalue weighted by Gasteiger charge is 2.33. The van der Waals surface area contributed by atoms with Gasteiger partial charge in [0.1, 0.15) is 0 Å². The number of nitrogens with one attached hydrogen (secondary N) is 1. The van der Waals surface area contributed by atoms with Gasteiger partial charge in [-0.05, 0) is 25.0 Å². The lowest BCUT2D eigenvalue weighted by Crippen LogP contribution is -2.35. The van der Waals surface area contributed by atoms with Crippen molar-refractivity contribution in [3.63, 3.8) is 0 Å². The first-order valence-corrected chi connectivity index (χ1v) is 9.90. The van der Waals surface area contributed by atoms with E-state index < -0.39 is 0 Å². The summed E-state index contributed by atoms with van der Waals surface area (Å²) >= 11 is 0. The summed E-state index contributed by atoms with van der Waals surface area (Å²) in [4.78, 5) is 24.1. The van der Waals surface area contributed by atoms with Crippen LogP contribution in [0.25, 0.3) is 0 Å². The molecule has 8 nitrogen and oxygen atoms in total. The third kappa shape index (κ3) is 3.98. The van der Waals surface area contributed by atoms with Crippen molar-refractivity contribution in [2.75, 3.05) is 33.9 Å². The Morgan fingerprint density at radius 1 is 1.28 bits per heavy atom. The summed E-state index contributed by atoms with van der Waals surface area (Å²) in [6, 6.07) is 5.25. The van der Waals surface area contributed by atoms with Crippen molar-refractivity contribution >= 4 is 5.91 Å². The van der Waals surface area contributed by atoms with Crippen molar-refractivity contribution < 1.29 is 19.0 Å². The van der Waals surface area contributed by atoms with Gasteiger partial charge in [0.15, 0.2) is 23.9 Å². The molecule has 0 aliphatic carbocycles. The summed E-state index contributed by atoms with van der Waals surface area (Å²) in [5, 5.41) is 3.33. The SMILES string of the molecule is COc1cccc(OC)c1OCC(=O)N1CCCC1c1ncc2c(n1)CCNC2. The van der Waals surface area contributed by atoms with Gasteiger partial charge < -0.3 is 24.4 Å². The molecule has 4 rings (SSSR count). The minimum atomic E-state index is -0.106. The van der Waals surface area contributed by atoms with Crippen LogP contribution in [0, 0.1) is 0 Å². The molecule has 0 saturated carbocycles. The van der Waals surface area contributed by atoms with Crippen LogP contribution in [0.5, 0.6) is 17.2 Å². The van der Waals surface area contributed by atoms with E-state index >= 15 is 0 Å². The van der Waals surface area contributed by atoms with Crippen molar-refractivity contribution in [2.45, 2.75) is 31.8 Å². The predicted molar refractivity (Wildman–Crippen MR) is 106 cm³/mol. The lowest BCUT2D eigenvalue weighted by atomic mass is 10.1. The molecule has 1 saturated heterocycles. The molecule has 8 heteroatoms. The molecule has 1 aromatic heterocycles. The molecule has 2 aliphatic heterocycles. The summed E-state index contributed by atoms with van der Waals surface area (Å²) in [5.41, 5.74) is 2.23. The summed E-state index contributed by atoms with van der Waals surface area (Å²) in [5.74, 6) is 2.12. The van der Waals surface area contributed by atoms with Gasteiger partial charge in [0.2, 0.25) is 5.75 Å². The third-order valence-corrected chi connectivity index (χ3v) is 5.42. The van der Waals surface area contributed by atoms with Crippen LogP contribution >= 0.6 is 0 Å². The van der Waals surface area contributed by atoms with Crippen LogP contribution in [0.1, 0.15) is 36.0 Å². The molecule has 2 aromatic rings. The van der Waals surface area contributed by atoms with Gasteiger partial charge in [-0.15, -0.1) is 0 Å². The molecule has 2 aliphatic rings. The molecule has 1 aromatic carbocycles. The van der Waals surface area contributed by atoms with E-state index in [9.17, 15) is 4.79 Å². The summed E-state index contributed by atoms with van der Waals surface area (Å²) < 4.78 is 16.5. The number of likely N-dealkylation sites (tertiary alicyclic amines) is 1. The normalized spacial score (nSPS) is 18.3. The van der Waals surface area contributed by atoms with Gasteiger partial charge in [0, 0.05) is 43.5 Å². The maximum absolute atomic E-state index is 12.9. The van der Waals surface area contributed by atoms with Crippen molar-refractivity contribution in [3.8, 4) is 17.2 Å². The lowest BCUT2D eigenvalue weighted by molar-refractivity contribution is -0.134. The first kappa shape index (κ1) is 19.4. The van der Waals surface area contributed by atoms with Gasteiger partial charge in [0.25, 0.3) is 5.91 Å². The third-order valence-electron chi connectivity index (χ3n) is 5.42. The lowest BCUT2D eigenvalue weighted by Gasteiger charge is -2.25. The molecule has 0 bridgehead atoms. The molecular weight excluding hydrogens is 372 g/mol. The number of ether oxygens (including phenoxy) is 3. The zero-order valence-electron chi connectivity index (χ0n) is 16.8. The largest absolute Gasteiger partial charge is 0.493 e. The average Bonchev–Trinajstić information content (AvgIpc) is 3.27. The van der Waals surface area contributed by atoms with E-state index in [0.29, 0.717) is 23.8 Å². The van der Waals surface area contributed by atoms with Crippen LogP contribution in [0.3, 0.4) is 0 Å². The number of methoxy groups -OCH3 is 2. The number of aromatic nitrogens is 2. The van der Waals surface area contributed by atoms with Crippen molar-refractivity contribution in [1.29, 1.82) is 0 Å². The molecule has 1 unspecified atom stereocenters. The number of carbonyl (C=O) groups is 1. The Morgan fingerprint density at radius 3 is 2.83 bits per heavy atom. The van der Waals surface area contributed by atoms with E-state index in [-0.39, 0.29) is 18.6 Å². The Labute approximate surface area is 170 Å². The van der Waals surface area contributed by atoms with E-state index in [0.717, 1.165) is 49.4 Å². The fourth-order valence-corrected chi connectivity index (χ4v) is 3.92. The van der Waals surface area contributed by atoms with E-state index in [1.807, 2.05) is 17.2 Å². The fraction of sp³-hybridized carbons (Fsp3) is 0.476. The number of nitrogens with zero attached hydrogens (tertiary/aromatic N) is 3. The van der Waals surface area contributed by atoms with Crippen molar-refractivity contribution in [3.05, 3.63) is 41.5 Å². The number of rotatable bonds is 6. The molecule has 1 N–H and O–H groups in total. The zero-order chi connectivity index (χ0) is 20.2. The smallest absolute Gasteiger partial charge is 0.261 e. The van der Waals surface area contributed by atoms with E-state index in [1.165, 1.54) is 0 Å². The Hall–Kier alpha value is -2.87. The minimum absolute atomic E-state index is 0.0940. The maximum Gasteiger partial charge on any atom is 0.261 e. The minimum Gasteiger partial charge on any atom is -0.493 e. The van der Waals surface area contributed by atoms with Gasteiger partial charge in [-0.2, -0.15) is 0 Å². The number of carbonyl (C=O) groups excluding carboxylic acids is 1. The van der Waals surface area contributed by atoms with Gasteiger partial charge in [-0.25, -0.2) is 9.97 Å². The predicted octanol–water partition coefficient (Wildman–Crippen LogP) is 1.88. The molecule has 1 fully saturated rings. The monoisotopic (exact) mass is 398 g/mol. The Kier molecular flexibility index (Phi) is 5.80. The maximum atomic E-state index is 12.9. The molecule has 1 atom stereocenters. The molecule has 0 spiro atoms. The number of benzene rings is 1. The zero-order valence-corrected chi connectivity index (χ0v) is 16.8. The van der Waals surface area contributed by atoms with E-state index in [1.54, 1.807) is 26.4 Å². The Morgan fingerprint density at radius 2 is 2.07 bits per heavy atom. The summed E-state index contributed by atoms with van der Waals surface area (Å²) in [7, 11) is 3.12. The van der Waals surface area contributed by atoms with Gasteiger partial charge in [0.05, 0.1) is 20.3 Å². The Balaban J connectivity index is 1.48. The highest BCUT2D eigenvalue weighted by Crippen LogP contribution is 2.37. The number of hydrogen-bond donors (Lipinski definition) is 1. The van der Waals surface area contributed by atoms with E-state index in [4.69, 9.17) is 19.2 Å². The number of amides is 1. The van der Waals surface area contributed by atoms with Gasteiger partial charge >= 0.3 is 0 Å². The second-order valence-electron chi connectivity index (χ2n) is 7.15. The highest BCUT2D eigenvalue weighted by atomic mass is 16.5. The number of hydrogen-bond acceptors (Lipinski definition) is 7. The van der Waals surface area contributed by atoms with Crippen LogP contribution in [-0.4, -0.2) is 54.7 Å². The second-order valence-corrected chi connectivity index (χ2v) is 7.15. The van der Waals surface area contributed by atoms with Crippen molar-refractivity contribution in [2.24, 2.45) is 0 Å². The first-order chi connectivity index (χ1) is 14.2. The van der Waals surface area contributed by atoms with Crippen molar-refractivity contribution in [1.82, 2.24) is 20.2 Å². The van der Waals surface area contributed by atoms with Gasteiger partial charge in [-0.1, -0.05) is 6.07 Å². The molecule has 0 radical (unpaired) electrons. The summed E-state index contributed by atoms with van der Waals surface area (Å²) in [6.07, 6.45) is 4.57. The number of fused-ring (bicyclic) bond motifs is 1. The van der Waals surface area contributed by atoms with Crippen LogP contribution in [0.2, 0.25) is 0 Å². The quantitative estimate of drug-likeness (QED) is 0.795. The topological polar surface area (TPSA) is 85.8 Å². The van der Waals surface area contributed by atoms with E-state index in [2.05, 4.69) is 10.3 Å². The average molecular weight is 398 g/mol. The van der Waals surface area contributed by atoms with Crippen LogP contribution < -0.4 is 19.5 Å². The Bertz CT molecular complexity index is 867. The van der Waals surface area contributed by atoms with Crippen LogP contribution in [0.15, 0.2) is 24.4 Å². The highest BCUT2D eigenvalue weighted by molar-refractivity contribution is 5.78. The first-order valence-electron chi connectivity index (χ1n) is 9.90. The molecule has 154 valence electrons. The van der Waals surface area contributed by atoms with Crippen LogP contribution in [0.4, 0.5) is 0 Å². The van der Waals surface area contributed by atoms with Crippen LogP contribution in [-0.2, 0) is 17.8 Å². The fourth-order valence-electron chi connectivity index (χ4n) is 3.92. The molecule has 1 amide bonds. The second kappa shape index (κ2) is 8.65. The number of para-hydroxylation sites is 1. The summed E-state index contributed by atoms with van der Waals surface area (Å²) in [6.45, 7) is 2.31. The standard InChI is InChI=1S/C21H26N4O4/c1-27-17-6-3-7-18(28-2)20(17)29-13-19(26)25-10-4-5-16(25)21-23-12-14-11-22-9-8-15(14)24-21/h3,6-7,12,16,22H,4-5,8-11,13H2,1-2H3. The van der Waals surface area contributed by atoms with Gasteiger partial charge in [-0.3, -0.25) is 4.79 Å². The molecular formula is C21H26N4O4. The molecule has 3 heterocycles.